The van der Waals surface area contributed by atoms with Gasteiger partial charge in [0.2, 0.25) is 0 Å². The van der Waals surface area contributed by atoms with Crippen LogP contribution in [0.2, 0.25) is 5.02 Å². The largest absolute Gasteiger partial charge is 0.396 e. The lowest BCUT2D eigenvalue weighted by atomic mass is 9.95. The third-order valence-corrected chi connectivity index (χ3v) is 5.31. The molecule has 0 unspecified atom stereocenters. The second kappa shape index (κ2) is 19.3. The number of pyridine rings is 2. The molecule has 2 heterocycles. The number of rotatable bonds is 8. The zero-order valence-corrected chi connectivity index (χ0v) is 22.0. The second-order valence-electron chi connectivity index (χ2n) is 7.17. The molecule has 1 aliphatic carbocycles. The summed E-state index contributed by atoms with van der Waals surface area (Å²) >= 11 is 6.33. The number of anilines is 2. The maximum atomic E-state index is 14.1. The predicted molar refractivity (Wildman–Crippen MR) is 142 cm³/mol. The molecule has 1 fully saturated rings. The van der Waals surface area contributed by atoms with E-state index in [0.717, 1.165) is 18.7 Å². The van der Waals surface area contributed by atoms with E-state index in [1.54, 1.807) is 12.3 Å². The Bertz CT molecular complexity index is 788. The van der Waals surface area contributed by atoms with E-state index in [1.807, 2.05) is 33.8 Å². The summed E-state index contributed by atoms with van der Waals surface area (Å²) in [6.07, 6.45) is 7.54. The van der Waals surface area contributed by atoms with Gasteiger partial charge in [-0.15, -0.1) is 0 Å². The van der Waals surface area contributed by atoms with Crippen molar-refractivity contribution in [2.75, 3.05) is 37.4 Å². The lowest BCUT2D eigenvalue weighted by Crippen LogP contribution is -2.22. The van der Waals surface area contributed by atoms with Gasteiger partial charge in [0.1, 0.15) is 5.82 Å². The van der Waals surface area contributed by atoms with E-state index >= 15 is 0 Å². The smallest absolute Gasteiger partial charge is 0.165 e. The molecule has 0 amide bonds. The molecule has 0 atom stereocenters. The summed E-state index contributed by atoms with van der Waals surface area (Å²) in [6.45, 7) is 7.81. The van der Waals surface area contributed by atoms with Gasteiger partial charge in [0, 0.05) is 43.5 Å². The average Bonchev–Trinajstić information content (AvgIpc) is 2.91. The molecule has 3 rings (SSSR count). The van der Waals surface area contributed by atoms with E-state index in [9.17, 15) is 4.39 Å². The van der Waals surface area contributed by atoms with Gasteiger partial charge in [0.15, 0.2) is 11.6 Å². The Morgan fingerprint density at radius 2 is 1.71 bits per heavy atom. The van der Waals surface area contributed by atoms with Crippen LogP contribution in [0.3, 0.4) is 0 Å². The van der Waals surface area contributed by atoms with Crippen LogP contribution in [0.1, 0.15) is 59.8 Å². The van der Waals surface area contributed by atoms with Crippen molar-refractivity contribution in [1.29, 1.82) is 0 Å². The molecular weight excluding hydrogens is 457 g/mol. The number of hydrogen-bond acceptors (Lipinski definition) is 7. The molecule has 34 heavy (non-hydrogen) atoms. The van der Waals surface area contributed by atoms with E-state index in [4.69, 9.17) is 21.8 Å². The molecule has 2 aromatic heterocycles. The van der Waals surface area contributed by atoms with Gasteiger partial charge in [0.05, 0.1) is 10.7 Å². The first-order chi connectivity index (χ1) is 16.6. The van der Waals surface area contributed by atoms with E-state index in [2.05, 4.69) is 26.3 Å². The molecule has 0 aliphatic heterocycles. The molecule has 194 valence electrons. The standard InChI is InChI=1S/C20H26ClFN4O2.2C2H6.CH5N/c21-16-10-23-19(25-14-4-2-1-3-5-14)8-15(16)18-7-6-17(22)20(26-18)24-9-13(11-27)12-28;3*1-2/h6-8,10,13-14,27-28H,1-5,9,11-12H2,(H,23,25)(H,24,26);2*1-2H3;2H2,1H3. The zero-order valence-electron chi connectivity index (χ0n) is 21.2. The quantitative estimate of drug-likeness (QED) is 0.333. The summed E-state index contributed by atoms with van der Waals surface area (Å²) in [4.78, 5) is 8.71. The van der Waals surface area contributed by atoms with Crippen molar-refractivity contribution in [3.8, 4) is 11.3 Å². The fourth-order valence-electron chi connectivity index (χ4n) is 3.31. The SMILES string of the molecule is CC.CC.CN.OCC(CO)CNc1nc(-c2cc(NC3CCCCC3)ncc2Cl)ccc1F. The molecule has 0 radical (unpaired) electrons. The monoisotopic (exact) mass is 499 g/mol. The molecule has 6 N–H and O–H groups in total. The first kappa shape index (κ1) is 32.0. The topological polar surface area (TPSA) is 116 Å². The minimum Gasteiger partial charge on any atom is -0.396 e. The van der Waals surface area contributed by atoms with Crippen molar-refractivity contribution in [3.05, 3.63) is 35.2 Å². The van der Waals surface area contributed by atoms with Crippen LogP contribution >= 0.6 is 11.6 Å². The number of nitrogens with two attached hydrogens (primary N) is 1. The van der Waals surface area contributed by atoms with Gasteiger partial charge < -0.3 is 26.6 Å². The van der Waals surface area contributed by atoms with Gasteiger partial charge in [-0.3, -0.25) is 0 Å². The highest BCUT2D eigenvalue weighted by molar-refractivity contribution is 6.33. The van der Waals surface area contributed by atoms with Gasteiger partial charge in [-0.2, -0.15) is 0 Å². The van der Waals surface area contributed by atoms with Crippen LogP contribution in [0, 0.1) is 11.7 Å². The molecule has 7 nitrogen and oxygen atoms in total. The molecule has 0 spiro atoms. The second-order valence-corrected chi connectivity index (χ2v) is 7.57. The molecule has 1 saturated carbocycles. The van der Waals surface area contributed by atoms with E-state index in [1.165, 1.54) is 32.4 Å². The van der Waals surface area contributed by atoms with Gasteiger partial charge in [-0.25, -0.2) is 14.4 Å². The average molecular weight is 500 g/mol. The molecule has 2 aromatic rings. The van der Waals surface area contributed by atoms with Crippen LogP contribution in [0.4, 0.5) is 16.0 Å². The van der Waals surface area contributed by atoms with Crippen molar-refractivity contribution in [3.63, 3.8) is 0 Å². The third kappa shape index (κ3) is 10.5. The number of halogens is 2. The normalized spacial score (nSPS) is 12.9. The van der Waals surface area contributed by atoms with Gasteiger partial charge >= 0.3 is 0 Å². The van der Waals surface area contributed by atoms with E-state index < -0.39 is 5.82 Å². The molecule has 1 aliphatic rings. The summed E-state index contributed by atoms with van der Waals surface area (Å²) in [7, 11) is 1.50. The summed E-state index contributed by atoms with van der Waals surface area (Å²) in [5.74, 6) is -0.114. The summed E-state index contributed by atoms with van der Waals surface area (Å²) in [5.41, 5.74) is 5.69. The number of aromatic nitrogens is 2. The van der Waals surface area contributed by atoms with Crippen LogP contribution in [0.5, 0.6) is 0 Å². The number of aliphatic hydroxyl groups is 2. The molecular formula is C25H43ClFN5O2. The van der Waals surface area contributed by atoms with Crippen molar-refractivity contribution < 1.29 is 14.6 Å². The van der Waals surface area contributed by atoms with Crippen LogP contribution in [0.25, 0.3) is 11.3 Å². The van der Waals surface area contributed by atoms with E-state index in [-0.39, 0.29) is 31.5 Å². The zero-order chi connectivity index (χ0) is 25.9. The van der Waals surface area contributed by atoms with Crippen molar-refractivity contribution in [1.82, 2.24) is 9.97 Å². The lowest BCUT2D eigenvalue weighted by Gasteiger charge is -2.23. The Hall–Kier alpha value is -2.00. The van der Waals surface area contributed by atoms with Crippen LogP contribution in [-0.2, 0) is 0 Å². The fraction of sp³-hybridized carbons (Fsp3) is 0.600. The lowest BCUT2D eigenvalue weighted by molar-refractivity contribution is 0.157. The minimum absolute atomic E-state index is 0.0547. The van der Waals surface area contributed by atoms with Crippen molar-refractivity contribution in [2.45, 2.75) is 65.8 Å². The Labute approximate surface area is 209 Å². The van der Waals surface area contributed by atoms with Crippen molar-refractivity contribution >= 4 is 23.2 Å². The van der Waals surface area contributed by atoms with Crippen LogP contribution in [-0.4, -0.2) is 53.0 Å². The third-order valence-electron chi connectivity index (χ3n) is 5.01. The predicted octanol–water partition coefficient (Wildman–Crippen LogP) is 5.32. The fourth-order valence-corrected chi connectivity index (χ4v) is 3.51. The molecule has 0 aromatic carbocycles. The Morgan fingerprint density at radius 1 is 1.09 bits per heavy atom. The molecule has 0 saturated heterocycles. The molecule has 0 bridgehead atoms. The minimum atomic E-state index is -0.510. The number of hydrogen-bond donors (Lipinski definition) is 5. The first-order valence-corrected chi connectivity index (χ1v) is 12.6. The maximum absolute atomic E-state index is 14.1. The summed E-state index contributed by atoms with van der Waals surface area (Å²) in [5, 5.41) is 25.1. The van der Waals surface area contributed by atoms with Crippen LogP contribution < -0.4 is 16.4 Å². The summed E-state index contributed by atoms with van der Waals surface area (Å²) in [6, 6.07) is 5.14. The summed E-state index contributed by atoms with van der Waals surface area (Å²) < 4.78 is 14.1. The number of nitrogens with one attached hydrogen (secondary N) is 2. The Morgan fingerprint density at radius 3 is 2.29 bits per heavy atom. The Balaban J connectivity index is 0.00000168. The van der Waals surface area contributed by atoms with Gasteiger partial charge in [-0.1, -0.05) is 58.6 Å². The maximum Gasteiger partial charge on any atom is 0.165 e. The highest BCUT2D eigenvalue weighted by Gasteiger charge is 2.16. The van der Waals surface area contributed by atoms with E-state index in [0.29, 0.717) is 22.3 Å². The number of nitrogens with zero attached hydrogens (tertiary/aromatic N) is 2. The van der Waals surface area contributed by atoms with Crippen molar-refractivity contribution in [2.24, 2.45) is 11.7 Å². The van der Waals surface area contributed by atoms with Gasteiger partial charge in [-0.05, 0) is 38.1 Å². The van der Waals surface area contributed by atoms with Crippen LogP contribution in [0.15, 0.2) is 24.4 Å². The molecule has 9 heteroatoms. The number of aliphatic hydroxyl groups excluding tert-OH is 2. The Kier molecular flexibility index (Phi) is 18.2. The van der Waals surface area contributed by atoms with Gasteiger partial charge in [0.25, 0.3) is 0 Å². The highest BCUT2D eigenvalue weighted by Crippen LogP contribution is 2.30. The first-order valence-electron chi connectivity index (χ1n) is 12.2. The highest BCUT2D eigenvalue weighted by atomic mass is 35.5.